The average molecular weight is 470 g/mol. The summed E-state index contributed by atoms with van der Waals surface area (Å²) < 4.78 is 45.9. The standard InChI is InChI=1S/C21H29F3N6O3/c1-13-9-28(18-25-7-15(8-26-18)21(22,23)24)10-17-6-16(27-30(13)17)12-33-11-14(2)29(19(31)32)20(3,4)5/h6-8,13-14H,9-12H2,1-5H3,(H,31,32)/t13?,14-/m0/s1. The number of hydrogen-bond donors (Lipinski definition) is 1. The zero-order valence-electron chi connectivity index (χ0n) is 19.3. The van der Waals surface area contributed by atoms with E-state index in [1.165, 1.54) is 4.90 Å². The molecule has 0 spiro atoms. The van der Waals surface area contributed by atoms with Crippen LogP contribution in [0.2, 0.25) is 0 Å². The molecule has 2 aromatic heterocycles. The number of nitrogens with zero attached hydrogens (tertiary/aromatic N) is 6. The number of fused-ring (bicyclic) bond motifs is 1. The van der Waals surface area contributed by atoms with E-state index in [0.717, 1.165) is 18.1 Å². The van der Waals surface area contributed by atoms with Gasteiger partial charge in [-0.05, 0) is 40.7 Å². The zero-order valence-corrected chi connectivity index (χ0v) is 19.3. The number of carboxylic acid groups (broad SMARTS) is 1. The first-order chi connectivity index (χ1) is 15.3. The molecule has 9 nitrogen and oxygen atoms in total. The van der Waals surface area contributed by atoms with Gasteiger partial charge in [0.1, 0.15) is 0 Å². The van der Waals surface area contributed by atoms with E-state index in [1.807, 2.05) is 43.3 Å². The molecular formula is C21H29F3N6O3. The summed E-state index contributed by atoms with van der Waals surface area (Å²) in [6, 6.07) is 1.48. The van der Waals surface area contributed by atoms with Crippen molar-refractivity contribution in [1.82, 2.24) is 24.6 Å². The summed E-state index contributed by atoms with van der Waals surface area (Å²) in [5.41, 5.74) is 0.118. The normalized spacial score (nSPS) is 17.6. The monoisotopic (exact) mass is 470 g/mol. The lowest BCUT2D eigenvalue weighted by atomic mass is 10.0. The molecule has 0 fully saturated rings. The number of rotatable bonds is 6. The number of alkyl halides is 3. The smallest absolute Gasteiger partial charge is 0.419 e. The van der Waals surface area contributed by atoms with Crippen LogP contribution < -0.4 is 4.90 Å². The van der Waals surface area contributed by atoms with Crippen LogP contribution in [0.3, 0.4) is 0 Å². The maximum Gasteiger partial charge on any atom is 0.419 e. The van der Waals surface area contributed by atoms with Gasteiger partial charge in [-0.1, -0.05) is 0 Å². The third kappa shape index (κ3) is 5.73. The average Bonchev–Trinajstić information content (AvgIpc) is 3.09. The minimum absolute atomic E-state index is 0.0456. The lowest BCUT2D eigenvalue weighted by Crippen LogP contribution is -2.51. The Morgan fingerprint density at radius 3 is 2.48 bits per heavy atom. The summed E-state index contributed by atoms with van der Waals surface area (Å²) in [6.45, 7) is 10.6. The molecule has 12 heteroatoms. The van der Waals surface area contributed by atoms with Gasteiger partial charge in [-0.15, -0.1) is 0 Å². The molecule has 2 atom stereocenters. The number of carbonyl (C=O) groups is 1. The Morgan fingerprint density at radius 1 is 1.30 bits per heavy atom. The van der Waals surface area contributed by atoms with Crippen molar-refractivity contribution in [1.29, 1.82) is 0 Å². The van der Waals surface area contributed by atoms with Gasteiger partial charge < -0.3 is 14.7 Å². The van der Waals surface area contributed by atoms with Crippen LogP contribution >= 0.6 is 0 Å². The van der Waals surface area contributed by atoms with Gasteiger partial charge in [0.15, 0.2) is 0 Å². The van der Waals surface area contributed by atoms with E-state index in [2.05, 4.69) is 15.1 Å². The third-order valence-corrected chi connectivity index (χ3v) is 5.35. The van der Waals surface area contributed by atoms with Crippen molar-refractivity contribution < 1.29 is 27.8 Å². The second-order valence-electron chi connectivity index (χ2n) is 9.26. The largest absolute Gasteiger partial charge is 0.465 e. The molecule has 0 radical (unpaired) electrons. The lowest BCUT2D eigenvalue weighted by Gasteiger charge is -2.37. The number of ether oxygens (including phenoxy) is 1. The molecule has 0 saturated carbocycles. The van der Waals surface area contributed by atoms with E-state index >= 15 is 0 Å². The number of aromatic nitrogens is 4. The van der Waals surface area contributed by atoms with Crippen molar-refractivity contribution in [3.8, 4) is 0 Å². The molecule has 1 aliphatic rings. The fourth-order valence-electron chi connectivity index (χ4n) is 4.05. The number of hydrogen-bond acceptors (Lipinski definition) is 6. The summed E-state index contributed by atoms with van der Waals surface area (Å²) in [5, 5.41) is 14.1. The zero-order chi connectivity index (χ0) is 24.6. The molecule has 2 aromatic rings. The van der Waals surface area contributed by atoms with Crippen LogP contribution in [0.15, 0.2) is 18.5 Å². The fraction of sp³-hybridized carbons (Fsp3) is 0.619. The molecule has 0 saturated heterocycles. The van der Waals surface area contributed by atoms with Gasteiger partial charge in [-0.2, -0.15) is 18.3 Å². The van der Waals surface area contributed by atoms with Crippen LogP contribution in [0.4, 0.5) is 23.9 Å². The first kappa shape index (κ1) is 24.7. The first-order valence-corrected chi connectivity index (χ1v) is 10.6. The van der Waals surface area contributed by atoms with Crippen LogP contribution in [0.1, 0.15) is 57.6 Å². The number of anilines is 1. The lowest BCUT2D eigenvalue weighted by molar-refractivity contribution is -0.138. The van der Waals surface area contributed by atoms with Crippen LogP contribution in [0, 0.1) is 0 Å². The van der Waals surface area contributed by atoms with E-state index in [0.29, 0.717) is 18.8 Å². The molecule has 1 aliphatic heterocycles. The summed E-state index contributed by atoms with van der Waals surface area (Å²) in [6.07, 6.45) is -3.91. The minimum atomic E-state index is -4.48. The van der Waals surface area contributed by atoms with E-state index in [-0.39, 0.29) is 31.2 Å². The molecule has 33 heavy (non-hydrogen) atoms. The SMILES string of the molecule is CC1CN(c2ncc(C(F)(F)F)cn2)Cc2cc(COC[C@H](C)N(C(=O)O)C(C)(C)C)nn21. The van der Waals surface area contributed by atoms with Gasteiger partial charge >= 0.3 is 12.3 Å². The maximum absolute atomic E-state index is 12.8. The predicted molar refractivity (Wildman–Crippen MR) is 114 cm³/mol. The van der Waals surface area contributed by atoms with Gasteiger partial charge in [0, 0.05) is 24.5 Å². The summed E-state index contributed by atoms with van der Waals surface area (Å²) in [4.78, 5) is 22.5. The highest BCUT2D eigenvalue weighted by molar-refractivity contribution is 5.66. The first-order valence-electron chi connectivity index (χ1n) is 10.6. The van der Waals surface area contributed by atoms with Gasteiger partial charge in [0.2, 0.25) is 5.95 Å². The van der Waals surface area contributed by atoms with Crippen molar-refractivity contribution >= 4 is 12.0 Å². The van der Waals surface area contributed by atoms with E-state index < -0.39 is 23.4 Å². The Hall–Kier alpha value is -2.89. The maximum atomic E-state index is 12.8. The Labute approximate surface area is 190 Å². The quantitative estimate of drug-likeness (QED) is 0.683. The van der Waals surface area contributed by atoms with Crippen LogP contribution in [-0.2, 0) is 24.1 Å². The van der Waals surface area contributed by atoms with Crippen molar-refractivity contribution in [3.05, 3.63) is 35.4 Å². The second kappa shape index (κ2) is 9.16. The van der Waals surface area contributed by atoms with Gasteiger partial charge in [0.05, 0.1) is 48.8 Å². The van der Waals surface area contributed by atoms with Crippen molar-refractivity contribution in [2.45, 2.75) is 71.6 Å². The molecule has 0 aliphatic carbocycles. The van der Waals surface area contributed by atoms with Crippen LogP contribution in [-0.4, -0.2) is 60.6 Å². The Morgan fingerprint density at radius 2 is 1.94 bits per heavy atom. The molecule has 3 heterocycles. The van der Waals surface area contributed by atoms with Gasteiger partial charge in [-0.3, -0.25) is 9.58 Å². The summed E-state index contributed by atoms with van der Waals surface area (Å²) in [5.74, 6) is 0.227. The van der Waals surface area contributed by atoms with E-state index in [9.17, 15) is 23.1 Å². The van der Waals surface area contributed by atoms with E-state index in [1.54, 1.807) is 6.92 Å². The van der Waals surface area contributed by atoms with Crippen molar-refractivity contribution in [2.75, 3.05) is 18.1 Å². The second-order valence-corrected chi connectivity index (χ2v) is 9.26. The molecule has 1 amide bonds. The molecule has 0 aromatic carbocycles. The molecule has 1 N–H and O–H groups in total. The molecule has 0 bridgehead atoms. The highest BCUT2D eigenvalue weighted by Crippen LogP contribution is 2.30. The molecule has 3 rings (SSSR count). The highest BCUT2D eigenvalue weighted by Gasteiger charge is 2.33. The predicted octanol–water partition coefficient (Wildman–Crippen LogP) is 3.96. The Balaban J connectivity index is 1.63. The molecule has 182 valence electrons. The highest BCUT2D eigenvalue weighted by atomic mass is 19.4. The van der Waals surface area contributed by atoms with Gasteiger partial charge in [0.25, 0.3) is 0 Å². The molecule has 1 unspecified atom stereocenters. The van der Waals surface area contributed by atoms with Crippen molar-refractivity contribution in [2.24, 2.45) is 0 Å². The van der Waals surface area contributed by atoms with E-state index in [4.69, 9.17) is 4.74 Å². The summed E-state index contributed by atoms with van der Waals surface area (Å²) >= 11 is 0. The third-order valence-electron chi connectivity index (χ3n) is 5.35. The fourth-order valence-corrected chi connectivity index (χ4v) is 4.05. The summed E-state index contributed by atoms with van der Waals surface area (Å²) in [7, 11) is 0. The van der Waals surface area contributed by atoms with Crippen molar-refractivity contribution in [3.63, 3.8) is 0 Å². The van der Waals surface area contributed by atoms with Gasteiger partial charge in [-0.25, -0.2) is 14.8 Å². The van der Waals surface area contributed by atoms with Crippen LogP contribution in [0.25, 0.3) is 0 Å². The topological polar surface area (TPSA) is 96.6 Å². The Kier molecular flexibility index (Phi) is 6.87. The minimum Gasteiger partial charge on any atom is -0.465 e. The Bertz CT molecular complexity index is 971. The number of halogens is 3. The van der Waals surface area contributed by atoms with Crippen LogP contribution in [0.5, 0.6) is 0 Å². The number of amides is 1. The molecular weight excluding hydrogens is 441 g/mol.